The fraction of sp³-hybridized carbons (Fsp3) is 0.833. The summed E-state index contributed by atoms with van der Waals surface area (Å²) in [5.74, 6) is 2.53. The number of nitrogens with one attached hydrogen (secondary N) is 1. The van der Waals surface area contributed by atoms with Gasteiger partial charge in [0.1, 0.15) is 12.1 Å². The van der Waals surface area contributed by atoms with E-state index in [0.717, 1.165) is 50.4 Å². The Kier molecular flexibility index (Phi) is 3.11. The summed E-state index contributed by atoms with van der Waals surface area (Å²) < 4.78 is 1.72. The number of aliphatic hydroxyl groups excluding tert-OH is 1. The molecule has 2 aliphatic heterocycles. The van der Waals surface area contributed by atoms with E-state index >= 15 is 0 Å². The Morgan fingerprint density at radius 2 is 2.29 bits per heavy atom. The first-order valence-electron chi connectivity index (χ1n) is 6.66. The van der Waals surface area contributed by atoms with Crippen LogP contribution in [0.1, 0.15) is 43.6 Å². The van der Waals surface area contributed by atoms with Crippen molar-refractivity contribution in [1.82, 2.24) is 20.1 Å². The molecule has 1 aromatic rings. The van der Waals surface area contributed by atoms with E-state index in [1.165, 1.54) is 12.8 Å². The molecule has 0 aliphatic carbocycles. The highest BCUT2D eigenvalue weighted by Crippen LogP contribution is 2.22. The van der Waals surface area contributed by atoms with Crippen LogP contribution in [0.2, 0.25) is 0 Å². The molecule has 1 aromatic heterocycles. The van der Waals surface area contributed by atoms with Gasteiger partial charge < -0.3 is 10.4 Å². The molecule has 0 saturated carbocycles. The number of fused-ring (bicyclic) bond motifs is 1. The average molecular weight is 236 g/mol. The molecule has 2 atom stereocenters. The molecular weight excluding hydrogens is 216 g/mol. The summed E-state index contributed by atoms with van der Waals surface area (Å²) in [5, 5.41) is 17.7. The molecule has 0 amide bonds. The van der Waals surface area contributed by atoms with Gasteiger partial charge in [0.15, 0.2) is 5.82 Å². The van der Waals surface area contributed by atoms with E-state index in [2.05, 4.69) is 15.4 Å². The van der Waals surface area contributed by atoms with E-state index in [4.69, 9.17) is 0 Å². The van der Waals surface area contributed by atoms with Crippen LogP contribution in [-0.2, 0) is 12.8 Å². The lowest BCUT2D eigenvalue weighted by molar-refractivity contribution is 0.0643. The highest BCUT2D eigenvalue weighted by molar-refractivity contribution is 4.98. The number of rotatable bonds is 2. The number of hydrogen-bond acceptors (Lipinski definition) is 4. The zero-order valence-corrected chi connectivity index (χ0v) is 10.1. The number of aromatic nitrogens is 3. The van der Waals surface area contributed by atoms with Crippen LogP contribution in [0.5, 0.6) is 0 Å². The van der Waals surface area contributed by atoms with Gasteiger partial charge in [-0.25, -0.2) is 9.67 Å². The highest BCUT2D eigenvalue weighted by Gasteiger charge is 2.22. The van der Waals surface area contributed by atoms with Crippen LogP contribution in [0, 0.1) is 5.92 Å². The number of aliphatic hydroxyl groups is 1. The Balaban J connectivity index is 1.71. The van der Waals surface area contributed by atoms with Crippen molar-refractivity contribution in [1.29, 1.82) is 0 Å². The fourth-order valence-electron chi connectivity index (χ4n) is 2.82. The lowest BCUT2D eigenvalue weighted by Gasteiger charge is -2.21. The maximum atomic E-state index is 9.83. The first-order chi connectivity index (χ1) is 8.33. The minimum Gasteiger partial charge on any atom is -0.372 e. The van der Waals surface area contributed by atoms with E-state index < -0.39 is 6.23 Å². The number of piperidine rings is 1. The van der Waals surface area contributed by atoms with E-state index in [9.17, 15) is 5.11 Å². The predicted octanol–water partition coefficient (Wildman–Crippen LogP) is 0.647. The Morgan fingerprint density at radius 3 is 3.06 bits per heavy atom. The van der Waals surface area contributed by atoms with Crippen molar-refractivity contribution >= 4 is 0 Å². The quantitative estimate of drug-likeness (QED) is 0.791. The predicted molar refractivity (Wildman–Crippen MR) is 63.5 cm³/mol. The molecule has 2 aliphatic rings. The smallest absolute Gasteiger partial charge is 0.151 e. The van der Waals surface area contributed by atoms with Crippen molar-refractivity contribution in [3.05, 3.63) is 11.6 Å². The molecule has 2 unspecified atom stereocenters. The Morgan fingerprint density at radius 1 is 1.35 bits per heavy atom. The summed E-state index contributed by atoms with van der Waals surface area (Å²) in [4.78, 5) is 4.56. The van der Waals surface area contributed by atoms with E-state index in [1.807, 2.05) is 0 Å². The van der Waals surface area contributed by atoms with E-state index in [-0.39, 0.29) is 0 Å². The number of aryl methyl sites for hydroxylation is 1. The third kappa shape index (κ3) is 2.35. The van der Waals surface area contributed by atoms with Crippen LogP contribution in [-0.4, -0.2) is 33.0 Å². The lowest BCUT2D eigenvalue weighted by Crippen LogP contribution is -2.31. The van der Waals surface area contributed by atoms with Gasteiger partial charge in [-0.15, -0.1) is 0 Å². The number of hydrogen-bond donors (Lipinski definition) is 2. The summed E-state index contributed by atoms with van der Waals surface area (Å²) in [6, 6.07) is 0. The second-order valence-electron chi connectivity index (χ2n) is 5.18. The third-order valence-electron chi connectivity index (χ3n) is 3.76. The van der Waals surface area contributed by atoms with Crippen molar-refractivity contribution in [3.63, 3.8) is 0 Å². The van der Waals surface area contributed by atoms with Crippen molar-refractivity contribution in [2.75, 3.05) is 13.1 Å². The topological polar surface area (TPSA) is 63.0 Å². The van der Waals surface area contributed by atoms with Crippen molar-refractivity contribution in [3.8, 4) is 0 Å². The monoisotopic (exact) mass is 236 g/mol. The molecule has 3 heterocycles. The molecule has 3 rings (SSSR count). The summed E-state index contributed by atoms with van der Waals surface area (Å²) in [6.45, 7) is 2.22. The first-order valence-corrected chi connectivity index (χ1v) is 6.66. The zero-order valence-electron chi connectivity index (χ0n) is 10.1. The van der Waals surface area contributed by atoms with Crippen molar-refractivity contribution in [2.45, 2.75) is 44.8 Å². The van der Waals surface area contributed by atoms with Crippen LogP contribution in [0.4, 0.5) is 0 Å². The molecule has 0 bridgehead atoms. The van der Waals surface area contributed by atoms with Crippen LogP contribution < -0.4 is 5.32 Å². The molecule has 2 N–H and O–H groups in total. The zero-order chi connectivity index (χ0) is 11.7. The Bertz CT molecular complexity index is 384. The van der Waals surface area contributed by atoms with Gasteiger partial charge in [-0.05, 0) is 44.7 Å². The standard InChI is InChI=1S/C12H20N4O/c17-12-5-1-4-11-14-10(15-16(11)12)7-9-3-2-6-13-8-9/h9,12-13,17H,1-8H2. The van der Waals surface area contributed by atoms with Gasteiger partial charge >= 0.3 is 0 Å². The second-order valence-corrected chi connectivity index (χ2v) is 5.18. The third-order valence-corrected chi connectivity index (χ3v) is 3.76. The van der Waals surface area contributed by atoms with Crippen LogP contribution in [0.15, 0.2) is 0 Å². The molecule has 1 saturated heterocycles. The van der Waals surface area contributed by atoms with Gasteiger partial charge in [0, 0.05) is 12.8 Å². The highest BCUT2D eigenvalue weighted by atomic mass is 16.3. The molecule has 5 nitrogen and oxygen atoms in total. The van der Waals surface area contributed by atoms with E-state index in [1.54, 1.807) is 4.68 Å². The van der Waals surface area contributed by atoms with Gasteiger partial charge in [-0.1, -0.05) is 0 Å². The van der Waals surface area contributed by atoms with Crippen molar-refractivity contribution in [2.24, 2.45) is 5.92 Å². The average Bonchev–Trinajstić information content (AvgIpc) is 2.74. The van der Waals surface area contributed by atoms with Crippen LogP contribution in [0.3, 0.4) is 0 Å². The van der Waals surface area contributed by atoms with Gasteiger partial charge in [-0.3, -0.25) is 0 Å². The van der Waals surface area contributed by atoms with Crippen LogP contribution >= 0.6 is 0 Å². The minimum atomic E-state index is -0.454. The molecule has 0 radical (unpaired) electrons. The maximum Gasteiger partial charge on any atom is 0.151 e. The maximum absolute atomic E-state index is 9.83. The molecule has 0 spiro atoms. The van der Waals surface area contributed by atoms with Gasteiger partial charge in [-0.2, -0.15) is 5.10 Å². The molecule has 5 heteroatoms. The summed E-state index contributed by atoms with van der Waals surface area (Å²) in [6.07, 6.45) is 5.78. The summed E-state index contributed by atoms with van der Waals surface area (Å²) in [5.41, 5.74) is 0. The van der Waals surface area contributed by atoms with Crippen LogP contribution in [0.25, 0.3) is 0 Å². The first kappa shape index (κ1) is 11.2. The number of nitrogens with zero attached hydrogens (tertiary/aromatic N) is 3. The second kappa shape index (κ2) is 4.74. The molecule has 17 heavy (non-hydrogen) atoms. The van der Waals surface area contributed by atoms with Gasteiger partial charge in [0.2, 0.25) is 0 Å². The normalized spacial score (nSPS) is 29.0. The molecular formula is C12H20N4O. The Labute approximate surface area is 101 Å². The summed E-state index contributed by atoms with van der Waals surface area (Å²) >= 11 is 0. The molecule has 0 aromatic carbocycles. The largest absolute Gasteiger partial charge is 0.372 e. The Hall–Kier alpha value is -0.940. The van der Waals surface area contributed by atoms with Gasteiger partial charge in [0.05, 0.1) is 0 Å². The van der Waals surface area contributed by atoms with E-state index in [0.29, 0.717) is 5.92 Å². The fourth-order valence-corrected chi connectivity index (χ4v) is 2.82. The van der Waals surface area contributed by atoms with Gasteiger partial charge in [0.25, 0.3) is 0 Å². The molecule has 94 valence electrons. The minimum absolute atomic E-state index is 0.454. The molecule has 1 fully saturated rings. The lowest BCUT2D eigenvalue weighted by atomic mass is 9.96. The summed E-state index contributed by atoms with van der Waals surface area (Å²) in [7, 11) is 0. The van der Waals surface area contributed by atoms with Crippen molar-refractivity contribution < 1.29 is 5.11 Å². The SMILES string of the molecule is OC1CCCc2nc(CC3CCCNC3)nn21.